The molecular weight excluding hydrogens is 445 g/mol. The van der Waals surface area contributed by atoms with E-state index in [1.807, 2.05) is 23.1 Å². The summed E-state index contributed by atoms with van der Waals surface area (Å²) in [5.74, 6) is 0.454. The lowest BCUT2D eigenvalue weighted by atomic mass is 9.89. The van der Waals surface area contributed by atoms with Crippen LogP contribution in [0.5, 0.6) is 0 Å². The number of carbonyl (C=O) groups is 2. The normalized spacial score (nSPS) is 22.1. The van der Waals surface area contributed by atoms with Crippen molar-refractivity contribution in [2.24, 2.45) is 11.3 Å². The van der Waals surface area contributed by atoms with Gasteiger partial charge in [0.15, 0.2) is 0 Å². The number of rotatable bonds is 3. The summed E-state index contributed by atoms with van der Waals surface area (Å²) in [5.41, 5.74) is -1.32. The molecule has 3 fully saturated rings. The van der Waals surface area contributed by atoms with E-state index in [2.05, 4.69) is 9.88 Å². The van der Waals surface area contributed by atoms with E-state index < -0.39 is 17.6 Å². The summed E-state index contributed by atoms with van der Waals surface area (Å²) in [5, 5.41) is 0. The number of amides is 2. The topological polar surface area (TPSA) is 56.8 Å². The third-order valence-electron chi connectivity index (χ3n) is 7.56. The fourth-order valence-corrected chi connectivity index (χ4v) is 5.41. The fraction of sp³-hybridized carbons (Fsp3) is 0.480. The van der Waals surface area contributed by atoms with Crippen LogP contribution in [0.1, 0.15) is 35.2 Å². The third-order valence-corrected chi connectivity index (χ3v) is 7.56. The molecule has 3 heterocycles. The van der Waals surface area contributed by atoms with Crippen LogP contribution in [0.3, 0.4) is 0 Å². The first kappa shape index (κ1) is 22.7. The molecule has 6 nitrogen and oxygen atoms in total. The fourth-order valence-electron chi connectivity index (χ4n) is 5.41. The number of hydrogen-bond acceptors (Lipinski definition) is 4. The zero-order valence-corrected chi connectivity index (χ0v) is 18.8. The molecule has 2 aromatic rings. The van der Waals surface area contributed by atoms with E-state index >= 15 is 0 Å². The molecule has 1 aromatic heterocycles. The van der Waals surface area contributed by atoms with Crippen molar-refractivity contribution in [1.29, 1.82) is 0 Å². The average molecular weight is 473 g/mol. The predicted molar refractivity (Wildman–Crippen MR) is 120 cm³/mol. The van der Waals surface area contributed by atoms with Gasteiger partial charge in [-0.15, -0.1) is 0 Å². The standard InChI is InChI=1S/C25H27F3N4O2/c26-25(27,28)19-6-2-1-5-18(19)22(33)31-11-8-24(9-12-31)17-20(24)23(34)32-15-13-30(14-16-32)21-7-3-4-10-29-21/h1-7,10,20H,8-9,11-17H2/t20-/m1/s1. The number of piperidine rings is 1. The molecule has 1 atom stereocenters. The number of hydrogen-bond donors (Lipinski definition) is 0. The average Bonchev–Trinajstić information content (AvgIpc) is 3.56. The van der Waals surface area contributed by atoms with Gasteiger partial charge >= 0.3 is 6.18 Å². The Morgan fingerprint density at radius 2 is 1.56 bits per heavy atom. The van der Waals surface area contributed by atoms with Crippen molar-refractivity contribution >= 4 is 17.6 Å². The zero-order valence-electron chi connectivity index (χ0n) is 18.8. The molecular formula is C25H27F3N4O2. The van der Waals surface area contributed by atoms with Gasteiger partial charge in [0, 0.05) is 51.4 Å². The lowest BCUT2D eigenvalue weighted by Gasteiger charge is -2.37. The number of carbonyl (C=O) groups excluding carboxylic acids is 2. The second-order valence-corrected chi connectivity index (χ2v) is 9.45. The lowest BCUT2D eigenvalue weighted by molar-refractivity contribution is -0.138. The Labute approximate surface area is 196 Å². The van der Waals surface area contributed by atoms with E-state index in [9.17, 15) is 22.8 Å². The van der Waals surface area contributed by atoms with Crippen LogP contribution in [0.2, 0.25) is 0 Å². The van der Waals surface area contributed by atoms with E-state index in [-0.39, 0.29) is 22.8 Å². The molecule has 0 bridgehead atoms. The minimum atomic E-state index is -4.57. The van der Waals surface area contributed by atoms with Crippen LogP contribution >= 0.6 is 0 Å². The third kappa shape index (κ3) is 4.23. The summed E-state index contributed by atoms with van der Waals surface area (Å²) < 4.78 is 40.0. The van der Waals surface area contributed by atoms with Crippen LogP contribution in [-0.2, 0) is 11.0 Å². The number of nitrogens with zero attached hydrogens (tertiary/aromatic N) is 4. The van der Waals surface area contributed by atoms with E-state index in [4.69, 9.17) is 0 Å². The Morgan fingerprint density at radius 3 is 2.21 bits per heavy atom. The monoisotopic (exact) mass is 472 g/mol. The Hall–Kier alpha value is -3.10. The lowest BCUT2D eigenvalue weighted by Crippen LogP contribution is -2.50. The Morgan fingerprint density at radius 1 is 0.882 bits per heavy atom. The van der Waals surface area contributed by atoms with Gasteiger partial charge in [-0.1, -0.05) is 18.2 Å². The molecule has 0 radical (unpaired) electrons. The molecule has 1 spiro atoms. The summed E-state index contributed by atoms with van der Waals surface area (Å²) in [7, 11) is 0. The molecule has 1 saturated carbocycles. The molecule has 9 heteroatoms. The van der Waals surface area contributed by atoms with Crippen molar-refractivity contribution in [3.8, 4) is 0 Å². The van der Waals surface area contributed by atoms with Crippen molar-refractivity contribution in [3.05, 3.63) is 59.8 Å². The second kappa shape index (κ2) is 8.60. The Bertz CT molecular complexity index is 1060. The molecule has 3 aliphatic rings. The summed E-state index contributed by atoms with van der Waals surface area (Å²) in [6.45, 7) is 3.54. The van der Waals surface area contributed by atoms with Gasteiger partial charge in [0.05, 0.1) is 11.1 Å². The first-order valence-corrected chi connectivity index (χ1v) is 11.7. The smallest absolute Gasteiger partial charge is 0.353 e. The maximum absolute atomic E-state index is 13.3. The van der Waals surface area contributed by atoms with Crippen LogP contribution in [0.25, 0.3) is 0 Å². The number of alkyl halides is 3. The van der Waals surface area contributed by atoms with Crippen molar-refractivity contribution in [3.63, 3.8) is 0 Å². The van der Waals surface area contributed by atoms with Gasteiger partial charge in [-0.3, -0.25) is 9.59 Å². The number of halogens is 3. The molecule has 5 rings (SSSR count). The molecule has 2 amide bonds. The number of likely N-dealkylation sites (tertiary alicyclic amines) is 1. The first-order chi connectivity index (χ1) is 16.3. The number of anilines is 1. The van der Waals surface area contributed by atoms with Gasteiger partial charge in [-0.2, -0.15) is 13.2 Å². The molecule has 1 aliphatic carbocycles. The van der Waals surface area contributed by atoms with Gasteiger partial charge in [0.2, 0.25) is 5.91 Å². The highest BCUT2D eigenvalue weighted by Gasteiger charge is 2.59. The number of pyridine rings is 1. The molecule has 180 valence electrons. The maximum Gasteiger partial charge on any atom is 0.417 e. The Balaban J connectivity index is 1.16. The summed E-state index contributed by atoms with van der Waals surface area (Å²) >= 11 is 0. The summed E-state index contributed by atoms with van der Waals surface area (Å²) in [6.07, 6.45) is -0.709. The number of aromatic nitrogens is 1. The molecule has 0 N–H and O–H groups in total. The highest BCUT2D eigenvalue weighted by Crippen LogP contribution is 2.60. The molecule has 1 aromatic carbocycles. The molecule has 0 unspecified atom stereocenters. The number of benzene rings is 1. The van der Waals surface area contributed by atoms with Crippen molar-refractivity contribution in [1.82, 2.24) is 14.8 Å². The largest absolute Gasteiger partial charge is 0.417 e. The van der Waals surface area contributed by atoms with Crippen LogP contribution in [0.15, 0.2) is 48.7 Å². The van der Waals surface area contributed by atoms with Crippen LogP contribution in [0.4, 0.5) is 19.0 Å². The van der Waals surface area contributed by atoms with Crippen LogP contribution < -0.4 is 4.90 Å². The van der Waals surface area contributed by atoms with Crippen molar-refractivity contribution in [2.45, 2.75) is 25.4 Å². The molecule has 2 aliphatic heterocycles. The van der Waals surface area contributed by atoms with Crippen LogP contribution in [-0.4, -0.2) is 65.9 Å². The minimum absolute atomic E-state index is 0.0476. The highest BCUT2D eigenvalue weighted by atomic mass is 19.4. The van der Waals surface area contributed by atoms with E-state index in [0.717, 1.165) is 31.4 Å². The first-order valence-electron chi connectivity index (χ1n) is 11.7. The van der Waals surface area contributed by atoms with Gasteiger partial charge in [-0.25, -0.2) is 4.98 Å². The van der Waals surface area contributed by atoms with Gasteiger partial charge < -0.3 is 14.7 Å². The second-order valence-electron chi connectivity index (χ2n) is 9.45. The van der Waals surface area contributed by atoms with Crippen molar-refractivity contribution < 1.29 is 22.8 Å². The van der Waals surface area contributed by atoms with E-state index in [1.165, 1.54) is 23.1 Å². The van der Waals surface area contributed by atoms with Crippen molar-refractivity contribution in [2.75, 3.05) is 44.2 Å². The summed E-state index contributed by atoms with van der Waals surface area (Å²) in [6, 6.07) is 10.7. The maximum atomic E-state index is 13.3. The summed E-state index contributed by atoms with van der Waals surface area (Å²) in [4.78, 5) is 36.0. The zero-order chi connectivity index (χ0) is 23.9. The van der Waals surface area contributed by atoms with Crippen LogP contribution in [0, 0.1) is 11.3 Å². The quantitative estimate of drug-likeness (QED) is 0.684. The predicted octanol–water partition coefficient (Wildman–Crippen LogP) is 3.69. The van der Waals surface area contributed by atoms with Gasteiger partial charge in [0.1, 0.15) is 5.82 Å². The van der Waals surface area contributed by atoms with Gasteiger partial charge in [0.25, 0.3) is 5.91 Å². The molecule has 34 heavy (non-hydrogen) atoms. The number of piperazine rings is 1. The minimum Gasteiger partial charge on any atom is -0.353 e. The van der Waals surface area contributed by atoms with E-state index in [0.29, 0.717) is 39.0 Å². The Kier molecular flexibility index (Phi) is 5.73. The van der Waals surface area contributed by atoms with Gasteiger partial charge in [-0.05, 0) is 48.9 Å². The SMILES string of the molecule is O=C(c1ccccc1C(F)(F)F)N1CCC2(CC1)C[C@@H]2C(=O)N1CCN(c2ccccn2)CC1. The van der Waals surface area contributed by atoms with E-state index in [1.54, 1.807) is 6.20 Å². The molecule has 2 saturated heterocycles. The highest BCUT2D eigenvalue weighted by molar-refractivity contribution is 5.96.